The van der Waals surface area contributed by atoms with Crippen molar-refractivity contribution in [3.8, 4) is 0 Å². The van der Waals surface area contributed by atoms with Crippen LogP contribution in [0.25, 0.3) is 11.0 Å². The molecule has 0 saturated carbocycles. The van der Waals surface area contributed by atoms with Crippen molar-refractivity contribution in [1.82, 2.24) is 9.55 Å². The molecule has 5 heteroatoms. The van der Waals surface area contributed by atoms with Crippen LogP contribution in [0, 0.1) is 0 Å². The Morgan fingerprint density at radius 3 is 2.89 bits per heavy atom. The van der Waals surface area contributed by atoms with Gasteiger partial charge < -0.3 is 8.75 Å². The highest BCUT2D eigenvalue weighted by Crippen LogP contribution is 2.23. The van der Waals surface area contributed by atoms with Crippen LogP contribution >= 0.6 is 12.0 Å². The van der Waals surface area contributed by atoms with Crippen molar-refractivity contribution in [2.45, 2.75) is 37.8 Å². The molecule has 1 heterocycles. The van der Waals surface area contributed by atoms with E-state index >= 15 is 0 Å². The summed E-state index contributed by atoms with van der Waals surface area (Å²) < 4.78 is 7.11. The molecule has 0 unspecified atom stereocenters. The van der Waals surface area contributed by atoms with Crippen molar-refractivity contribution in [2.75, 3.05) is 0 Å². The lowest BCUT2D eigenvalue weighted by Gasteiger charge is -2.02. The lowest BCUT2D eigenvalue weighted by Crippen LogP contribution is -2.00. The molecule has 102 valence electrons. The quantitative estimate of drug-likeness (QED) is 0.597. The smallest absolute Gasteiger partial charge is 0.318 e. The first-order valence-corrected chi connectivity index (χ1v) is 7.25. The molecule has 0 aliphatic carbocycles. The maximum Gasteiger partial charge on any atom is 0.318 e. The van der Waals surface area contributed by atoms with Crippen LogP contribution in [0.5, 0.6) is 0 Å². The van der Waals surface area contributed by atoms with E-state index in [9.17, 15) is 4.79 Å². The molecule has 1 aromatic heterocycles. The van der Waals surface area contributed by atoms with Gasteiger partial charge >= 0.3 is 5.97 Å². The summed E-state index contributed by atoms with van der Waals surface area (Å²) in [6, 6.07) is 7.85. The molecule has 1 aromatic carbocycles. The third-order valence-corrected chi connectivity index (χ3v) is 3.72. The molecule has 0 aliphatic heterocycles. The Hall–Kier alpha value is -1.49. The number of hydrogen-bond acceptors (Lipinski definition) is 4. The third-order valence-electron chi connectivity index (χ3n) is 2.94. The molecule has 0 bridgehead atoms. The van der Waals surface area contributed by atoms with Gasteiger partial charge in [-0.05, 0) is 18.6 Å². The van der Waals surface area contributed by atoms with Crippen LogP contribution in [0.4, 0.5) is 0 Å². The molecule has 0 saturated heterocycles. The summed E-state index contributed by atoms with van der Waals surface area (Å²) in [5.74, 6) is -0.175. The van der Waals surface area contributed by atoms with Crippen molar-refractivity contribution in [3.05, 3.63) is 24.3 Å². The molecule has 0 radical (unpaired) electrons. The summed E-state index contributed by atoms with van der Waals surface area (Å²) in [6.07, 6.45) is 3.53. The molecular formula is C14H18N2O2S. The van der Waals surface area contributed by atoms with Gasteiger partial charge in [-0.1, -0.05) is 31.9 Å². The van der Waals surface area contributed by atoms with Gasteiger partial charge in [0.05, 0.1) is 11.0 Å². The van der Waals surface area contributed by atoms with Gasteiger partial charge in [0, 0.05) is 13.5 Å². The highest BCUT2D eigenvalue weighted by Gasteiger charge is 2.11. The first kappa shape index (κ1) is 13.9. The van der Waals surface area contributed by atoms with Crippen LogP contribution in [0.1, 0.15) is 32.6 Å². The van der Waals surface area contributed by atoms with Crippen molar-refractivity contribution < 1.29 is 8.98 Å². The Balaban J connectivity index is 1.94. The van der Waals surface area contributed by atoms with Gasteiger partial charge in [0.2, 0.25) is 5.16 Å². The predicted octanol–water partition coefficient (Wildman–Crippen LogP) is 3.70. The zero-order valence-corrected chi connectivity index (χ0v) is 12.1. The second-order valence-electron chi connectivity index (χ2n) is 4.44. The second-order valence-corrected chi connectivity index (χ2v) is 5.14. The van der Waals surface area contributed by atoms with Gasteiger partial charge in [-0.15, -0.1) is 0 Å². The molecule has 4 nitrogen and oxygen atoms in total. The number of nitrogens with zero attached hydrogens (tertiary/aromatic N) is 2. The largest absolute Gasteiger partial charge is 0.383 e. The van der Waals surface area contributed by atoms with Crippen molar-refractivity contribution in [1.29, 1.82) is 0 Å². The fourth-order valence-electron chi connectivity index (χ4n) is 1.84. The second kappa shape index (κ2) is 6.61. The number of fused-ring (bicyclic) bond motifs is 1. The maximum absolute atomic E-state index is 11.5. The highest BCUT2D eigenvalue weighted by molar-refractivity contribution is 7.94. The third kappa shape index (κ3) is 3.50. The van der Waals surface area contributed by atoms with E-state index in [4.69, 9.17) is 4.18 Å². The molecular weight excluding hydrogens is 260 g/mol. The molecule has 19 heavy (non-hydrogen) atoms. The number of para-hydroxylation sites is 2. The molecule has 0 fully saturated rings. The van der Waals surface area contributed by atoms with E-state index < -0.39 is 0 Å². The first-order chi connectivity index (χ1) is 9.22. The van der Waals surface area contributed by atoms with Crippen molar-refractivity contribution in [3.63, 3.8) is 0 Å². The first-order valence-electron chi connectivity index (χ1n) is 6.51. The van der Waals surface area contributed by atoms with Crippen LogP contribution in [-0.2, 0) is 16.0 Å². The average Bonchev–Trinajstić information content (AvgIpc) is 2.74. The van der Waals surface area contributed by atoms with Gasteiger partial charge in [-0.25, -0.2) is 4.98 Å². The SMILES string of the molecule is CCCCCC(=O)OSc1nc2ccccc2n1C. The topological polar surface area (TPSA) is 44.1 Å². The number of carbonyl (C=O) groups is 1. The summed E-state index contributed by atoms with van der Waals surface area (Å²) in [5, 5.41) is 0.699. The number of hydrogen-bond donors (Lipinski definition) is 0. The zero-order chi connectivity index (χ0) is 13.7. The minimum absolute atomic E-state index is 0.175. The van der Waals surface area contributed by atoms with Crippen LogP contribution < -0.4 is 0 Å². The van der Waals surface area contributed by atoms with Crippen molar-refractivity contribution in [2.24, 2.45) is 7.05 Å². The molecule has 0 atom stereocenters. The normalized spacial score (nSPS) is 10.8. The highest BCUT2D eigenvalue weighted by atomic mass is 32.2. The van der Waals surface area contributed by atoms with Gasteiger partial charge in [0.1, 0.15) is 12.0 Å². The standard InChI is InChI=1S/C14H18N2O2S/c1-3-4-5-10-13(17)18-19-14-15-11-8-6-7-9-12(11)16(14)2/h6-9H,3-5,10H2,1-2H3. The zero-order valence-electron chi connectivity index (χ0n) is 11.3. The van der Waals surface area contributed by atoms with E-state index in [1.54, 1.807) is 0 Å². The van der Waals surface area contributed by atoms with E-state index in [0.717, 1.165) is 42.3 Å². The van der Waals surface area contributed by atoms with Gasteiger partial charge in [0.15, 0.2) is 0 Å². The molecule has 0 aliphatic rings. The summed E-state index contributed by atoms with van der Waals surface area (Å²) in [7, 11) is 1.92. The van der Waals surface area contributed by atoms with E-state index in [2.05, 4.69) is 11.9 Å². The maximum atomic E-state index is 11.5. The molecule has 2 rings (SSSR count). The van der Waals surface area contributed by atoms with E-state index in [0.29, 0.717) is 11.6 Å². The Morgan fingerprint density at radius 2 is 2.16 bits per heavy atom. The Labute approximate surface area is 117 Å². The van der Waals surface area contributed by atoms with Gasteiger partial charge in [0.25, 0.3) is 0 Å². The summed E-state index contributed by atoms with van der Waals surface area (Å²) in [5.41, 5.74) is 1.95. The van der Waals surface area contributed by atoms with Crippen LogP contribution in [-0.4, -0.2) is 15.5 Å². The number of aromatic nitrogens is 2. The van der Waals surface area contributed by atoms with Crippen LogP contribution in [0.15, 0.2) is 29.4 Å². The summed E-state index contributed by atoms with van der Waals surface area (Å²) in [6.45, 7) is 2.11. The number of unbranched alkanes of at least 4 members (excludes halogenated alkanes) is 2. The van der Waals surface area contributed by atoms with Crippen LogP contribution in [0.3, 0.4) is 0 Å². The number of imidazole rings is 1. The van der Waals surface area contributed by atoms with Gasteiger partial charge in [-0.3, -0.25) is 4.79 Å². The Bertz CT molecular complexity index is 566. The molecule has 0 spiro atoms. The summed E-state index contributed by atoms with van der Waals surface area (Å²) >= 11 is 1.04. The molecule has 2 aromatic rings. The predicted molar refractivity (Wildman–Crippen MR) is 76.8 cm³/mol. The number of aryl methyl sites for hydroxylation is 1. The number of rotatable bonds is 6. The fraction of sp³-hybridized carbons (Fsp3) is 0.429. The fourth-order valence-corrected chi connectivity index (χ4v) is 2.44. The molecule has 0 N–H and O–H groups in total. The Morgan fingerprint density at radius 1 is 1.37 bits per heavy atom. The Kier molecular flexibility index (Phi) is 4.85. The summed E-state index contributed by atoms with van der Waals surface area (Å²) in [4.78, 5) is 16.0. The number of benzene rings is 1. The van der Waals surface area contributed by atoms with E-state index in [1.165, 1.54) is 0 Å². The van der Waals surface area contributed by atoms with E-state index in [1.807, 2.05) is 35.9 Å². The molecule has 0 amide bonds. The van der Waals surface area contributed by atoms with Crippen molar-refractivity contribution >= 4 is 29.0 Å². The minimum atomic E-state index is -0.175. The average molecular weight is 278 g/mol. The lowest BCUT2D eigenvalue weighted by molar-refractivity contribution is -0.133. The number of carbonyl (C=O) groups excluding carboxylic acids is 1. The van der Waals surface area contributed by atoms with Gasteiger partial charge in [-0.2, -0.15) is 0 Å². The lowest BCUT2D eigenvalue weighted by atomic mass is 10.2. The van der Waals surface area contributed by atoms with E-state index in [-0.39, 0.29) is 5.97 Å². The minimum Gasteiger partial charge on any atom is -0.383 e. The van der Waals surface area contributed by atoms with Crippen LogP contribution in [0.2, 0.25) is 0 Å². The monoisotopic (exact) mass is 278 g/mol.